The lowest BCUT2D eigenvalue weighted by atomic mass is 9.85. The maximum atomic E-state index is 10.6. The van der Waals surface area contributed by atoms with Crippen molar-refractivity contribution in [3.8, 4) is 0 Å². The summed E-state index contributed by atoms with van der Waals surface area (Å²) < 4.78 is 0. The van der Waals surface area contributed by atoms with E-state index in [9.17, 15) is 4.79 Å². The molecule has 0 radical (unpaired) electrons. The molecule has 1 fully saturated rings. The summed E-state index contributed by atoms with van der Waals surface area (Å²) in [6, 6.07) is 0. The van der Waals surface area contributed by atoms with Crippen molar-refractivity contribution >= 4 is 6.29 Å². The van der Waals surface area contributed by atoms with Crippen LogP contribution in [0.3, 0.4) is 0 Å². The van der Waals surface area contributed by atoms with E-state index in [4.69, 9.17) is 0 Å². The average molecular weight is 141 g/mol. The molecule has 2 nitrogen and oxygen atoms in total. The Labute approximate surface area is 62.0 Å². The molecule has 0 saturated carbocycles. The Bertz CT molecular complexity index is 153. The third-order valence-corrected chi connectivity index (χ3v) is 2.10. The smallest absolute Gasteiger partial charge is 0.127 e. The Morgan fingerprint density at radius 1 is 1.40 bits per heavy atom. The van der Waals surface area contributed by atoms with Crippen molar-refractivity contribution in [3.63, 3.8) is 0 Å². The molecule has 0 amide bonds. The van der Waals surface area contributed by atoms with Gasteiger partial charge in [0.05, 0.1) is 0 Å². The van der Waals surface area contributed by atoms with Gasteiger partial charge in [0, 0.05) is 17.5 Å². The third kappa shape index (κ3) is 1.37. The summed E-state index contributed by atoms with van der Waals surface area (Å²) in [6.45, 7) is 7.08. The van der Waals surface area contributed by atoms with E-state index in [1.807, 2.05) is 6.92 Å². The van der Waals surface area contributed by atoms with E-state index >= 15 is 0 Å². The van der Waals surface area contributed by atoms with Gasteiger partial charge in [-0.1, -0.05) is 6.92 Å². The van der Waals surface area contributed by atoms with Crippen LogP contribution in [0.5, 0.6) is 0 Å². The first-order valence-electron chi connectivity index (χ1n) is 3.69. The van der Waals surface area contributed by atoms with E-state index in [0.717, 1.165) is 19.3 Å². The Kier molecular flexibility index (Phi) is 1.59. The normalized spacial score (nSPS) is 37.9. The fraction of sp³-hybridized carbons (Fsp3) is 0.875. The Hall–Kier alpha value is -0.370. The number of carbonyl (C=O) groups excluding carboxylic acids is 1. The first kappa shape index (κ1) is 7.73. The SMILES string of the molecule is CC1(C=O)CNC(C)(C)C1. The summed E-state index contributed by atoms with van der Waals surface area (Å²) in [5.41, 5.74) is 0.0269. The van der Waals surface area contributed by atoms with Gasteiger partial charge in [0.15, 0.2) is 0 Å². The zero-order chi connectivity index (χ0) is 7.83. The Morgan fingerprint density at radius 2 is 2.00 bits per heavy atom. The second-order valence-corrected chi connectivity index (χ2v) is 4.19. The molecule has 2 heteroatoms. The highest BCUT2D eigenvalue weighted by Gasteiger charge is 2.38. The maximum absolute atomic E-state index is 10.6. The molecule has 1 saturated heterocycles. The second kappa shape index (κ2) is 2.06. The third-order valence-electron chi connectivity index (χ3n) is 2.10. The van der Waals surface area contributed by atoms with Crippen LogP contribution in [0.1, 0.15) is 27.2 Å². The summed E-state index contributed by atoms with van der Waals surface area (Å²) in [7, 11) is 0. The summed E-state index contributed by atoms with van der Waals surface area (Å²) in [5, 5.41) is 3.31. The molecule has 1 aliphatic heterocycles. The van der Waals surface area contributed by atoms with Crippen LogP contribution in [0.4, 0.5) is 0 Å². The van der Waals surface area contributed by atoms with Gasteiger partial charge in [0.2, 0.25) is 0 Å². The van der Waals surface area contributed by atoms with Crippen LogP contribution in [0.25, 0.3) is 0 Å². The molecule has 0 aliphatic carbocycles. The van der Waals surface area contributed by atoms with Crippen LogP contribution in [0.15, 0.2) is 0 Å². The standard InChI is InChI=1S/C8H15NO/c1-7(2)4-8(3,6-10)5-9-7/h6,9H,4-5H2,1-3H3. The molecule has 0 spiro atoms. The Balaban J connectivity index is 2.66. The second-order valence-electron chi connectivity index (χ2n) is 4.19. The van der Waals surface area contributed by atoms with E-state index in [-0.39, 0.29) is 11.0 Å². The molecular formula is C8H15NO. The van der Waals surface area contributed by atoms with Crippen LogP contribution >= 0.6 is 0 Å². The van der Waals surface area contributed by atoms with Crippen molar-refractivity contribution in [2.45, 2.75) is 32.7 Å². The molecule has 0 bridgehead atoms. The molecule has 10 heavy (non-hydrogen) atoms. The average Bonchev–Trinajstić information content (AvgIpc) is 2.08. The van der Waals surface area contributed by atoms with Crippen molar-refractivity contribution in [2.75, 3.05) is 6.54 Å². The van der Waals surface area contributed by atoms with Gasteiger partial charge in [0.1, 0.15) is 6.29 Å². The predicted molar refractivity (Wildman–Crippen MR) is 40.9 cm³/mol. The van der Waals surface area contributed by atoms with Gasteiger partial charge in [-0.05, 0) is 20.3 Å². The molecule has 58 valence electrons. The monoisotopic (exact) mass is 141 g/mol. The highest BCUT2D eigenvalue weighted by atomic mass is 16.1. The van der Waals surface area contributed by atoms with Crippen LogP contribution in [-0.2, 0) is 4.79 Å². The number of hydrogen-bond donors (Lipinski definition) is 1. The van der Waals surface area contributed by atoms with Gasteiger partial charge in [-0.25, -0.2) is 0 Å². The van der Waals surface area contributed by atoms with Crippen molar-refractivity contribution in [1.82, 2.24) is 5.32 Å². The highest BCUT2D eigenvalue weighted by Crippen LogP contribution is 2.31. The zero-order valence-corrected chi connectivity index (χ0v) is 6.90. The van der Waals surface area contributed by atoms with Gasteiger partial charge < -0.3 is 10.1 Å². The topological polar surface area (TPSA) is 29.1 Å². The largest absolute Gasteiger partial charge is 0.311 e. The van der Waals surface area contributed by atoms with E-state index in [1.54, 1.807) is 0 Å². The molecule has 0 aromatic heterocycles. The molecule has 0 aromatic rings. The van der Waals surface area contributed by atoms with Gasteiger partial charge in [-0.2, -0.15) is 0 Å². The van der Waals surface area contributed by atoms with Gasteiger partial charge in [-0.15, -0.1) is 0 Å². The first-order chi connectivity index (χ1) is 4.47. The van der Waals surface area contributed by atoms with E-state index in [1.165, 1.54) is 0 Å². The molecule has 0 aromatic carbocycles. The first-order valence-corrected chi connectivity index (χ1v) is 3.69. The highest BCUT2D eigenvalue weighted by molar-refractivity contribution is 5.60. The van der Waals surface area contributed by atoms with Crippen LogP contribution in [0, 0.1) is 5.41 Å². The van der Waals surface area contributed by atoms with Crippen molar-refractivity contribution < 1.29 is 4.79 Å². The fourth-order valence-electron chi connectivity index (χ4n) is 1.66. The van der Waals surface area contributed by atoms with Crippen molar-refractivity contribution in [2.24, 2.45) is 5.41 Å². The summed E-state index contributed by atoms with van der Waals surface area (Å²) in [5.74, 6) is 0. The molecule has 1 heterocycles. The van der Waals surface area contributed by atoms with Crippen LogP contribution in [0.2, 0.25) is 0 Å². The molecule has 1 aliphatic rings. The molecular weight excluding hydrogens is 126 g/mol. The molecule has 1 atom stereocenters. The van der Waals surface area contributed by atoms with Gasteiger partial charge in [0.25, 0.3) is 0 Å². The molecule has 1 unspecified atom stereocenters. The minimum absolute atomic E-state index is 0.122. The summed E-state index contributed by atoms with van der Waals surface area (Å²) in [6.07, 6.45) is 2.01. The molecule has 1 rings (SSSR count). The lowest BCUT2D eigenvalue weighted by Crippen LogP contribution is -2.31. The fourth-order valence-corrected chi connectivity index (χ4v) is 1.66. The quantitative estimate of drug-likeness (QED) is 0.551. The predicted octanol–water partition coefficient (Wildman–Crippen LogP) is 0.964. The summed E-state index contributed by atoms with van der Waals surface area (Å²) in [4.78, 5) is 10.6. The van der Waals surface area contributed by atoms with E-state index < -0.39 is 0 Å². The summed E-state index contributed by atoms with van der Waals surface area (Å²) >= 11 is 0. The Morgan fingerprint density at radius 3 is 2.20 bits per heavy atom. The number of hydrogen-bond acceptors (Lipinski definition) is 2. The van der Waals surface area contributed by atoms with E-state index in [0.29, 0.717) is 0 Å². The van der Waals surface area contributed by atoms with Crippen LogP contribution < -0.4 is 5.32 Å². The van der Waals surface area contributed by atoms with Crippen LogP contribution in [-0.4, -0.2) is 18.4 Å². The molecule has 1 N–H and O–H groups in total. The lowest BCUT2D eigenvalue weighted by molar-refractivity contribution is -0.114. The number of carbonyl (C=O) groups is 1. The maximum Gasteiger partial charge on any atom is 0.127 e. The minimum Gasteiger partial charge on any atom is -0.311 e. The van der Waals surface area contributed by atoms with Crippen molar-refractivity contribution in [1.29, 1.82) is 0 Å². The van der Waals surface area contributed by atoms with Gasteiger partial charge >= 0.3 is 0 Å². The van der Waals surface area contributed by atoms with Crippen molar-refractivity contribution in [3.05, 3.63) is 0 Å². The zero-order valence-electron chi connectivity index (χ0n) is 6.90. The minimum atomic E-state index is -0.122. The lowest BCUT2D eigenvalue weighted by Gasteiger charge is -2.18. The number of nitrogens with one attached hydrogen (secondary N) is 1. The van der Waals surface area contributed by atoms with E-state index in [2.05, 4.69) is 19.2 Å². The number of aldehydes is 1. The van der Waals surface area contributed by atoms with Gasteiger partial charge in [-0.3, -0.25) is 0 Å². The number of rotatable bonds is 1.